The van der Waals surface area contributed by atoms with Crippen LogP contribution in [0, 0.1) is 4.77 Å². The largest absolute Gasteiger partial charge is 0.378 e. The third-order valence-corrected chi connectivity index (χ3v) is 1.89. The minimum atomic E-state index is -0.201. The van der Waals surface area contributed by atoms with Gasteiger partial charge in [-0.1, -0.05) is 0 Å². The van der Waals surface area contributed by atoms with Gasteiger partial charge in [-0.05, 0) is 26.1 Å². The van der Waals surface area contributed by atoms with Gasteiger partial charge in [0.1, 0.15) is 5.82 Å². The Labute approximate surface area is 76.3 Å². The van der Waals surface area contributed by atoms with Crippen molar-refractivity contribution in [2.24, 2.45) is 0 Å². The van der Waals surface area contributed by atoms with Crippen LogP contribution < -0.4 is 0 Å². The zero-order chi connectivity index (χ0) is 9.19. The van der Waals surface area contributed by atoms with Gasteiger partial charge >= 0.3 is 0 Å². The molecule has 0 aliphatic rings. The first kappa shape index (κ1) is 9.41. The van der Waals surface area contributed by atoms with Crippen LogP contribution in [-0.2, 0) is 11.2 Å². The molecule has 0 fully saturated rings. The van der Waals surface area contributed by atoms with Gasteiger partial charge < -0.3 is 4.74 Å². The molecule has 0 aliphatic carbocycles. The second-order valence-electron chi connectivity index (χ2n) is 3.25. The average molecular weight is 187 g/mol. The highest BCUT2D eigenvalue weighted by Crippen LogP contribution is 2.12. The molecule has 0 bridgehead atoms. The summed E-state index contributed by atoms with van der Waals surface area (Å²) in [4.78, 5) is 4.07. The number of nitrogens with one attached hydrogen (secondary N) is 2. The van der Waals surface area contributed by atoms with E-state index in [1.165, 1.54) is 0 Å². The van der Waals surface area contributed by atoms with Crippen LogP contribution in [0.15, 0.2) is 0 Å². The summed E-state index contributed by atoms with van der Waals surface area (Å²) in [5.41, 5.74) is -0.201. The SMILES string of the molecule is COC(C)(C)Cc1nc(=S)[nH][nH]1. The monoisotopic (exact) mass is 187 g/mol. The zero-order valence-electron chi connectivity index (χ0n) is 7.47. The van der Waals surface area contributed by atoms with E-state index in [-0.39, 0.29) is 5.60 Å². The summed E-state index contributed by atoms with van der Waals surface area (Å²) >= 11 is 4.82. The number of H-pyrrole nitrogens is 2. The first-order chi connectivity index (χ1) is 5.53. The lowest BCUT2D eigenvalue weighted by atomic mass is 10.1. The van der Waals surface area contributed by atoms with Crippen molar-refractivity contribution in [2.45, 2.75) is 25.9 Å². The quantitative estimate of drug-likeness (QED) is 0.704. The Hall–Kier alpha value is -0.680. The van der Waals surface area contributed by atoms with Crippen LogP contribution in [0.5, 0.6) is 0 Å². The van der Waals surface area contributed by atoms with Crippen LogP contribution >= 0.6 is 12.2 Å². The smallest absolute Gasteiger partial charge is 0.213 e. The Morgan fingerprint density at radius 3 is 2.58 bits per heavy atom. The molecule has 0 aliphatic heterocycles. The first-order valence-electron chi connectivity index (χ1n) is 3.72. The van der Waals surface area contributed by atoms with Crippen molar-refractivity contribution in [1.29, 1.82) is 0 Å². The van der Waals surface area contributed by atoms with Gasteiger partial charge in [0.25, 0.3) is 0 Å². The molecule has 1 aromatic heterocycles. The molecule has 0 unspecified atom stereocenters. The average Bonchev–Trinajstić information content (AvgIpc) is 2.35. The normalized spacial score (nSPS) is 11.9. The number of rotatable bonds is 3. The van der Waals surface area contributed by atoms with Crippen molar-refractivity contribution in [3.8, 4) is 0 Å². The van der Waals surface area contributed by atoms with Gasteiger partial charge in [0.15, 0.2) is 0 Å². The van der Waals surface area contributed by atoms with Gasteiger partial charge in [-0.2, -0.15) is 0 Å². The molecule has 1 heterocycles. The number of hydrogen-bond acceptors (Lipinski definition) is 3. The minimum Gasteiger partial charge on any atom is -0.378 e. The van der Waals surface area contributed by atoms with Crippen LogP contribution in [0.4, 0.5) is 0 Å². The molecule has 1 aromatic rings. The van der Waals surface area contributed by atoms with Crippen molar-refractivity contribution >= 4 is 12.2 Å². The molecule has 0 saturated carbocycles. The molecule has 0 aromatic carbocycles. The third kappa shape index (κ3) is 2.42. The van der Waals surface area contributed by atoms with Gasteiger partial charge in [-0.15, -0.1) is 0 Å². The van der Waals surface area contributed by atoms with Gasteiger partial charge in [-0.25, -0.2) is 4.98 Å². The fraction of sp³-hybridized carbons (Fsp3) is 0.714. The van der Waals surface area contributed by atoms with E-state index in [0.717, 1.165) is 12.2 Å². The van der Waals surface area contributed by atoms with E-state index < -0.39 is 0 Å². The first-order valence-corrected chi connectivity index (χ1v) is 4.13. The highest BCUT2D eigenvalue weighted by atomic mass is 32.1. The van der Waals surface area contributed by atoms with Crippen molar-refractivity contribution in [3.63, 3.8) is 0 Å². The number of aromatic nitrogens is 3. The molecule has 2 N–H and O–H groups in total. The third-order valence-electron chi connectivity index (χ3n) is 1.70. The number of ether oxygens (including phenoxy) is 1. The van der Waals surface area contributed by atoms with Gasteiger partial charge in [0.05, 0.1) is 5.60 Å². The van der Waals surface area contributed by atoms with E-state index >= 15 is 0 Å². The maximum atomic E-state index is 5.24. The molecule has 5 heteroatoms. The van der Waals surface area contributed by atoms with Gasteiger partial charge in [-0.3, -0.25) is 10.2 Å². The van der Waals surface area contributed by atoms with Crippen LogP contribution in [0.2, 0.25) is 0 Å². The maximum Gasteiger partial charge on any atom is 0.213 e. The summed E-state index contributed by atoms with van der Waals surface area (Å²) in [6, 6.07) is 0. The van der Waals surface area contributed by atoms with Crippen LogP contribution in [0.25, 0.3) is 0 Å². The molecule has 12 heavy (non-hydrogen) atoms. The molecule has 0 saturated heterocycles. The molecule has 0 spiro atoms. The predicted octanol–water partition coefficient (Wildman–Crippen LogP) is 1.43. The Balaban J connectivity index is 2.70. The standard InChI is InChI=1S/C7H13N3OS/c1-7(2,11-3)4-5-8-6(12)10-9-5/h4H2,1-3H3,(H2,8,9,10,12). The molecule has 0 atom stereocenters. The van der Waals surface area contributed by atoms with E-state index in [4.69, 9.17) is 17.0 Å². The van der Waals surface area contributed by atoms with Crippen LogP contribution in [-0.4, -0.2) is 27.9 Å². The lowest BCUT2D eigenvalue weighted by Crippen LogP contribution is -2.26. The van der Waals surface area contributed by atoms with E-state index in [1.807, 2.05) is 13.8 Å². The lowest BCUT2D eigenvalue weighted by Gasteiger charge is -2.20. The van der Waals surface area contributed by atoms with E-state index in [9.17, 15) is 0 Å². The second-order valence-corrected chi connectivity index (χ2v) is 3.64. The zero-order valence-corrected chi connectivity index (χ0v) is 8.29. The molecule has 68 valence electrons. The van der Waals surface area contributed by atoms with Gasteiger partial charge in [0.2, 0.25) is 4.77 Å². The van der Waals surface area contributed by atoms with Crippen LogP contribution in [0.3, 0.4) is 0 Å². The minimum absolute atomic E-state index is 0.201. The topological polar surface area (TPSA) is 53.7 Å². The molecule has 0 amide bonds. The number of hydrogen-bond donors (Lipinski definition) is 2. The Kier molecular flexibility index (Phi) is 2.64. The molecular weight excluding hydrogens is 174 g/mol. The fourth-order valence-corrected chi connectivity index (χ4v) is 1.02. The Morgan fingerprint density at radius 2 is 2.17 bits per heavy atom. The molecule has 0 radical (unpaired) electrons. The Bertz CT molecular complexity index is 302. The summed E-state index contributed by atoms with van der Waals surface area (Å²) in [5.74, 6) is 0.826. The fourth-order valence-electron chi connectivity index (χ4n) is 0.863. The van der Waals surface area contributed by atoms with Crippen molar-refractivity contribution < 1.29 is 4.74 Å². The highest BCUT2D eigenvalue weighted by molar-refractivity contribution is 7.71. The summed E-state index contributed by atoms with van der Waals surface area (Å²) < 4.78 is 5.73. The van der Waals surface area contributed by atoms with Gasteiger partial charge in [0, 0.05) is 13.5 Å². The van der Waals surface area contributed by atoms with E-state index in [0.29, 0.717) is 4.77 Å². The Morgan fingerprint density at radius 1 is 1.50 bits per heavy atom. The lowest BCUT2D eigenvalue weighted by molar-refractivity contribution is 0.0216. The molecule has 4 nitrogen and oxygen atoms in total. The highest BCUT2D eigenvalue weighted by Gasteiger charge is 2.18. The van der Waals surface area contributed by atoms with Crippen molar-refractivity contribution in [3.05, 3.63) is 10.6 Å². The van der Waals surface area contributed by atoms with Crippen molar-refractivity contribution in [1.82, 2.24) is 15.2 Å². The van der Waals surface area contributed by atoms with E-state index in [2.05, 4.69) is 15.2 Å². The summed E-state index contributed by atoms with van der Waals surface area (Å²) in [6.07, 6.45) is 0.719. The number of aromatic amines is 2. The van der Waals surface area contributed by atoms with Crippen molar-refractivity contribution in [2.75, 3.05) is 7.11 Å². The summed E-state index contributed by atoms with van der Waals surface area (Å²) in [5, 5.41) is 5.61. The van der Waals surface area contributed by atoms with Crippen LogP contribution in [0.1, 0.15) is 19.7 Å². The number of nitrogens with zero attached hydrogens (tertiary/aromatic N) is 1. The maximum absolute atomic E-state index is 5.24. The van der Waals surface area contributed by atoms with E-state index in [1.54, 1.807) is 7.11 Å². The summed E-state index contributed by atoms with van der Waals surface area (Å²) in [6.45, 7) is 4.00. The number of methoxy groups -OCH3 is 1. The molecule has 1 rings (SSSR count). The molecular formula is C7H13N3OS. The summed E-state index contributed by atoms with van der Waals surface area (Å²) in [7, 11) is 1.68. The predicted molar refractivity (Wildman–Crippen MR) is 48.6 cm³/mol. The second kappa shape index (κ2) is 3.37.